The van der Waals surface area contributed by atoms with Crippen LogP contribution in [0.4, 0.5) is 0 Å². The van der Waals surface area contributed by atoms with E-state index in [4.69, 9.17) is 4.52 Å². The van der Waals surface area contributed by atoms with Gasteiger partial charge in [-0.25, -0.2) is 8.42 Å². The van der Waals surface area contributed by atoms with Crippen molar-refractivity contribution in [2.45, 2.75) is 44.7 Å². The first-order valence-corrected chi connectivity index (χ1v) is 8.68. The molecule has 0 bridgehead atoms. The molecule has 2 heterocycles. The minimum Gasteiger partial charge on any atom is -0.360 e. The molecular formula is C13H23ClN4O4S. The Morgan fingerprint density at radius 2 is 2.13 bits per heavy atom. The first-order valence-electron chi connectivity index (χ1n) is 7.20. The van der Waals surface area contributed by atoms with Gasteiger partial charge >= 0.3 is 0 Å². The monoisotopic (exact) mass is 366 g/mol. The second-order valence-corrected chi connectivity index (χ2v) is 7.23. The van der Waals surface area contributed by atoms with Gasteiger partial charge in [0.25, 0.3) is 0 Å². The highest BCUT2D eigenvalue weighted by Gasteiger charge is 2.32. The Morgan fingerprint density at radius 3 is 2.65 bits per heavy atom. The Morgan fingerprint density at radius 1 is 1.48 bits per heavy atom. The van der Waals surface area contributed by atoms with Crippen LogP contribution in [-0.2, 0) is 14.8 Å². The van der Waals surface area contributed by atoms with Crippen LogP contribution in [-0.4, -0.2) is 56.1 Å². The van der Waals surface area contributed by atoms with Crippen molar-refractivity contribution in [3.05, 3.63) is 11.5 Å². The number of halogens is 1. The summed E-state index contributed by atoms with van der Waals surface area (Å²) in [5.41, 5.74) is 0.278. The molecular weight excluding hydrogens is 344 g/mol. The van der Waals surface area contributed by atoms with Crippen molar-refractivity contribution in [2.75, 3.05) is 19.6 Å². The summed E-state index contributed by atoms with van der Waals surface area (Å²) in [6.45, 7) is 8.54. The Hall–Kier alpha value is -1.16. The average molecular weight is 367 g/mol. The smallest absolute Gasteiger partial charge is 0.246 e. The van der Waals surface area contributed by atoms with Crippen LogP contribution in [0, 0.1) is 13.8 Å². The predicted molar refractivity (Wildman–Crippen MR) is 87.1 cm³/mol. The molecule has 1 amide bonds. The Kier molecular flexibility index (Phi) is 6.58. The number of piperazine rings is 1. The van der Waals surface area contributed by atoms with Crippen LogP contribution in [0.5, 0.6) is 0 Å². The number of aromatic nitrogens is 1. The Balaban J connectivity index is 0.00000264. The maximum atomic E-state index is 12.5. The molecule has 0 aliphatic carbocycles. The zero-order chi connectivity index (χ0) is 16.5. The van der Waals surface area contributed by atoms with Gasteiger partial charge in [0.15, 0.2) is 5.76 Å². The van der Waals surface area contributed by atoms with E-state index in [0.29, 0.717) is 19.6 Å². The number of hydrogen-bond acceptors (Lipinski definition) is 6. The molecule has 1 fully saturated rings. The maximum absolute atomic E-state index is 12.5. The largest absolute Gasteiger partial charge is 0.360 e. The van der Waals surface area contributed by atoms with Gasteiger partial charge in [0, 0.05) is 25.7 Å². The Labute approximate surface area is 142 Å². The van der Waals surface area contributed by atoms with Crippen molar-refractivity contribution in [3.63, 3.8) is 0 Å². The predicted octanol–water partition coefficient (Wildman–Crippen LogP) is 0.200. The summed E-state index contributed by atoms with van der Waals surface area (Å²) in [5, 5.41) is 6.83. The van der Waals surface area contributed by atoms with Gasteiger partial charge in [-0.15, -0.1) is 12.4 Å². The third-order valence-electron chi connectivity index (χ3n) is 3.72. The SMILES string of the molecule is Cc1noc(C)c1S(=O)(=O)NC(C)C(=O)N1CCNC[C@@H]1C.Cl. The molecule has 0 saturated carbocycles. The highest BCUT2D eigenvalue weighted by molar-refractivity contribution is 7.89. The highest BCUT2D eigenvalue weighted by atomic mass is 35.5. The molecule has 1 aliphatic heterocycles. The Bertz CT molecular complexity index is 641. The summed E-state index contributed by atoms with van der Waals surface area (Å²) >= 11 is 0. The van der Waals surface area contributed by atoms with Crippen LogP contribution in [0.2, 0.25) is 0 Å². The van der Waals surface area contributed by atoms with Crippen LogP contribution in [0.1, 0.15) is 25.3 Å². The normalized spacial score (nSPS) is 20.0. The van der Waals surface area contributed by atoms with E-state index in [-0.39, 0.29) is 40.7 Å². The van der Waals surface area contributed by atoms with Crippen LogP contribution >= 0.6 is 12.4 Å². The fourth-order valence-corrected chi connectivity index (χ4v) is 4.14. The lowest BCUT2D eigenvalue weighted by atomic mass is 10.2. The van der Waals surface area contributed by atoms with Gasteiger partial charge in [-0.1, -0.05) is 5.16 Å². The molecule has 0 spiro atoms. The molecule has 1 aromatic rings. The first kappa shape index (κ1) is 19.9. The van der Waals surface area contributed by atoms with Gasteiger partial charge in [-0.2, -0.15) is 4.72 Å². The fraction of sp³-hybridized carbons (Fsp3) is 0.692. The lowest BCUT2D eigenvalue weighted by Gasteiger charge is -2.35. The number of amides is 1. The van der Waals surface area contributed by atoms with E-state index < -0.39 is 16.1 Å². The van der Waals surface area contributed by atoms with E-state index >= 15 is 0 Å². The van der Waals surface area contributed by atoms with Gasteiger partial charge in [0.1, 0.15) is 10.6 Å². The van der Waals surface area contributed by atoms with Gasteiger partial charge in [0.2, 0.25) is 15.9 Å². The number of nitrogens with one attached hydrogen (secondary N) is 2. The van der Waals surface area contributed by atoms with E-state index in [9.17, 15) is 13.2 Å². The molecule has 1 aromatic heterocycles. The number of hydrogen-bond donors (Lipinski definition) is 2. The van der Waals surface area contributed by atoms with Crippen molar-refractivity contribution in [1.82, 2.24) is 20.1 Å². The second kappa shape index (κ2) is 7.61. The molecule has 1 unspecified atom stereocenters. The molecule has 0 aromatic carbocycles. The standard InChI is InChI=1S/C13H22N4O4S.ClH/c1-8-7-14-5-6-17(8)13(18)10(3)16-22(19,20)12-9(2)15-21-11(12)4;/h8,10,14,16H,5-7H2,1-4H3;1H/t8-,10?;/m0./s1. The summed E-state index contributed by atoms with van der Waals surface area (Å²) in [6.07, 6.45) is 0. The number of nitrogens with zero attached hydrogens (tertiary/aromatic N) is 2. The lowest BCUT2D eigenvalue weighted by molar-refractivity contribution is -0.135. The summed E-state index contributed by atoms with van der Waals surface area (Å²) in [6, 6.07) is -0.813. The number of aryl methyl sites for hydroxylation is 2. The summed E-state index contributed by atoms with van der Waals surface area (Å²) < 4.78 is 32.1. The zero-order valence-corrected chi connectivity index (χ0v) is 15.3. The first-order chi connectivity index (χ1) is 10.2. The molecule has 2 rings (SSSR count). The summed E-state index contributed by atoms with van der Waals surface area (Å²) in [4.78, 5) is 14.1. The highest BCUT2D eigenvalue weighted by Crippen LogP contribution is 2.19. The topological polar surface area (TPSA) is 105 Å². The lowest BCUT2D eigenvalue weighted by Crippen LogP contribution is -2.57. The fourth-order valence-electron chi connectivity index (χ4n) is 2.62. The molecule has 132 valence electrons. The van der Waals surface area contributed by atoms with Crippen molar-refractivity contribution >= 4 is 28.3 Å². The average Bonchev–Trinajstić information content (AvgIpc) is 2.78. The van der Waals surface area contributed by atoms with Crippen LogP contribution in [0.25, 0.3) is 0 Å². The van der Waals surface area contributed by atoms with Gasteiger partial charge < -0.3 is 14.7 Å². The van der Waals surface area contributed by atoms with E-state index in [1.165, 1.54) is 6.92 Å². The molecule has 23 heavy (non-hydrogen) atoms. The molecule has 2 N–H and O–H groups in total. The van der Waals surface area contributed by atoms with E-state index in [1.807, 2.05) is 6.92 Å². The molecule has 8 nitrogen and oxygen atoms in total. The molecule has 1 aliphatic rings. The molecule has 1 saturated heterocycles. The molecule has 10 heteroatoms. The van der Waals surface area contributed by atoms with E-state index in [2.05, 4.69) is 15.2 Å². The minimum atomic E-state index is -3.85. The van der Waals surface area contributed by atoms with Crippen molar-refractivity contribution in [3.8, 4) is 0 Å². The van der Waals surface area contributed by atoms with Crippen LogP contribution in [0.3, 0.4) is 0 Å². The van der Waals surface area contributed by atoms with Gasteiger partial charge in [-0.3, -0.25) is 4.79 Å². The molecule has 0 radical (unpaired) electrons. The number of rotatable bonds is 4. The van der Waals surface area contributed by atoms with Crippen molar-refractivity contribution in [2.24, 2.45) is 0 Å². The van der Waals surface area contributed by atoms with Crippen molar-refractivity contribution in [1.29, 1.82) is 0 Å². The number of carbonyl (C=O) groups excluding carboxylic acids is 1. The maximum Gasteiger partial charge on any atom is 0.246 e. The van der Waals surface area contributed by atoms with Crippen LogP contribution < -0.4 is 10.0 Å². The molecule has 2 atom stereocenters. The number of sulfonamides is 1. The summed E-state index contributed by atoms with van der Waals surface area (Å²) in [5.74, 6) is -0.0236. The third-order valence-corrected chi connectivity index (χ3v) is 5.51. The van der Waals surface area contributed by atoms with E-state index in [0.717, 1.165) is 0 Å². The second-order valence-electron chi connectivity index (χ2n) is 5.58. The minimum absolute atomic E-state index is 0. The number of carbonyl (C=O) groups is 1. The van der Waals surface area contributed by atoms with Crippen molar-refractivity contribution < 1.29 is 17.7 Å². The van der Waals surface area contributed by atoms with Gasteiger partial charge in [0.05, 0.1) is 6.04 Å². The zero-order valence-electron chi connectivity index (χ0n) is 13.6. The van der Waals surface area contributed by atoms with E-state index in [1.54, 1.807) is 18.7 Å². The van der Waals surface area contributed by atoms with Gasteiger partial charge in [-0.05, 0) is 27.7 Å². The van der Waals surface area contributed by atoms with Crippen LogP contribution in [0.15, 0.2) is 9.42 Å². The summed E-state index contributed by atoms with van der Waals surface area (Å²) in [7, 11) is -3.85. The third kappa shape index (κ3) is 4.23. The quantitative estimate of drug-likeness (QED) is 0.788.